The minimum absolute atomic E-state index is 0.0113. The highest BCUT2D eigenvalue weighted by Gasteiger charge is 2.51. The summed E-state index contributed by atoms with van der Waals surface area (Å²) in [7, 11) is 0. The Labute approximate surface area is 428 Å². The molecule has 2 amide bonds. The molecule has 1 aliphatic carbocycles. The number of ether oxygens (including phenoxy) is 9. The number of rotatable bonds is 19. The number of fused-ring (bicyclic) bond motifs is 5. The average Bonchev–Trinajstić information content (AvgIpc) is 3.74. The van der Waals surface area contributed by atoms with Gasteiger partial charge in [0.2, 0.25) is 6.29 Å². The van der Waals surface area contributed by atoms with Gasteiger partial charge in [0, 0.05) is 56.4 Å². The summed E-state index contributed by atoms with van der Waals surface area (Å²) in [6.45, 7) is 6.56. The summed E-state index contributed by atoms with van der Waals surface area (Å²) in [6, 6.07) is 6.31. The van der Waals surface area contributed by atoms with Crippen LogP contribution in [0.5, 0.6) is 5.75 Å². The molecule has 0 bridgehead atoms. The minimum atomic E-state index is -2.08. The van der Waals surface area contributed by atoms with Crippen LogP contribution in [0.15, 0.2) is 35.1 Å². The van der Waals surface area contributed by atoms with E-state index < -0.39 is 103 Å². The number of hydrogen-bond acceptors (Lipinski definition) is 20. The first-order valence-corrected chi connectivity index (χ1v) is 24.3. The number of cyclic esters (lactones) is 1. The van der Waals surface area contributed by atoms with Crippen LogP contribution < -0.4 is 26.7 Å². The average molecular weight is 1050 g/mol. The third-order valence-corrected chi connectivity index (χ3v) is 13.4. The molecule has 7 atom stereocenters. The number of alkyl carbamates (subject to hydrolysis) is 1. The number of pyridine rings is 2. The van der Waals surface area contributed by atoms with E-state index in [-0.39, 0.29) is 73.9 Å². The van der Waals surface area contributed by atoms with Crippen molar-refractivity contribution < 1.29 is 86.0 Å². The molecule has 6 N–H and O–H groups in total. The quantitative estimate of drug-likeness (QED) is 0.0449. The zero-order valence-corrected chi connectivity index (χ0v) is 41.8. The van der Waals surface area contributed by atoms with Crippen molar-refractivity contribution in [2.75, 3.05) is 46.1 Å². The van der Waals surface area contributed by atoms with Gasteiger partial charge in [-0.15, -0.1) is 0 Å². The summed E-state index contributed by atoms with van der Waals surface area (Å²) in [6.07, 6.45) is -8.20. The Hall–Kier alpha value is -7.09. The normalized spacial score (nSPS) is 22.2. The maximum absolute atomic E-state index is 15.5. The van der Waals surface area contributed by atoms with E-state index in [9.17, 15) is 43.8 Å². The third kappa shape index (κ3) is 11.2. The van der Waals surface area contributed by atoms with E-state index in [4.69, 9.17) is 53.3 Å². The fourth-order valence-electron chi connectivity index (χ4n) is 9.82. The molecule has 4 aromatic rings. The van der Waals surface area contributed by atoms with Gasteiger partial charge in [0.15, 0.2) is 17.8 Å². The van der Waals surface area contributed by atoms with Crippen molar-refractivity contribution in [2.45, 2.75) is 116 Å². The van der Waals surface area contributed by atoms with E-state index in [0.29, 0.717) is 70.6 Å². The fraction of sp³-hybridized carbons (Fsp3) is 0.490. The first-order valence-electron chi connectivity index (χ1n) is 24.3. The Bertz CT molecular complexity index is 2980. The SMILES string of the molecule is CC[C@@]1(O)C(=O)OCc2c1cc1n(c2=O)Cc2c-1nc1cc(F)c(C)c3c1c2[C@@H](NC(=O)OCc1ccc(O[C@@H]2O[C@H](COC(C)=O)[C@@H](OC(C)=O)[C@H](O)[C@H]2OC(C)=O)c(C(=O)NCCOCCOCCN)c1)CC3. The summed E-state index contributed by atoms with van der Waals surface area (Å²) >= 11 is 0. The summed E-state index contributed by atoms with van der Waals surface area (Å²) in [5, 5.41) is 29.1. The van der Waals surface area contributed by atoms with Gasteiger partial charge in [-0.25, -0.2) is 19.0 Å². The number of aliphatic hydroxyl groups is 2. The molecule has 0 radical (unpaired) electrons. The molecular formula is C51H58FN5O18. The maximum Gasteiger partial charge on any atom is 0.407 e. The van der Waals surface area contributed by atoms with E-state index in [1.54, 1.807) is 19.9 Å². The molecule has 3 aliphatic heterocycles. The van der Waals surface area contributed by atoms with E-state index in [1.165, 1.54) is 28.8 Å². The molecule has 5 heterocycles. The number of aromatic nitrogens is 2. The van der Waals surface area contributed by atoms with Crippen molar-refractivity contribution in [3.63, 3.8) is 0 Å². The smallest absolute Gasteiger partial charge is 0.407 e. The molecule has 1 fully saturated rings. The standard InChI is InChI=1S/C51H58FN5O18/c1-6-51(66)33-18-37-42-31(20-57(37)47(63)32(33)22-70-49(51)64)41-35(9-8-29-24(2)34(52)19-36(55-42)40(29)41)56-50(65)71-21-28-7-10-38(30(17-28)46(62)54-12-14-68-16-15-67-13-11-53)74-48-45(73-27(5)60)43(61)44(72-26(4)59)39(75-48)23-69-25(3)58/h7,10,17-19,35,39,43-45,48,61,66H,6,8-9,11-16,20-23,53H2,1-5H3,(H,54,62)(H,56,65)/t35-,39+,43-,44+,45+,48+,51-/m0/s1. The van der Waals surface area contributed by atoms with Gasteiger partial charge >= 0.3 is 30.0 Å². The summed E-state index contributed by atoms with van der Waals surface area (Å²) in [5.74, 6) is -4.64. The second-order valence-electron chi connectivity index (χ2n) is 18.3. The van der Waals surface area contributed by atoms with Crippen molar-refractivity contribution >= 4 is 46.8 Å². The molecule has 4 aliphatic rings. The van der Waals surface area contributed by atoms with Crippen LogP contribution in [0, 0.1) is 12.7 Å². The number of carbonyl (C=O) groups excluding carboxylic acids is 6. The van der Waals surface area contributed by atoms with Crippen molar-refractivity contribution in [1.82, 2.24) is 20.2 Å². The van der Waals surface area contributed by atoms with Crippen LogP contribution in [0.1, 0.15) is 95.9 Å². The van der Waals surface area contributed by atoms with Gasteiger partial charge in [-0.05, 0) is 66.6 Å². The van der Waals surface area contributed by atoms with Gasteiger partial charge in [0.25, 0.3) is 11.5 Å². The zero-order valence-electron chi connectivity index (χ0n) is 41.8. The molecule has 0 spiro atoms. The second kappa shape index (κ2) is 22.8. The predicted molar refractivity (Wildman–Crippen MR) is 256 cm³/mol. The van der Waals surface area contributed by atoms with Crippen LogP contribution in [-0.2, 0) is 88.9 Å². The molecule has 0 saturated carbocycles. The zero-order chi connectivity index (χ0) is 53.9. The second-order valence-corrected chi connectivity index (χ2v) is 18.3. The lowest BCUT2D eigenvalue weighted by Crippen LogP contribution is -2.62. The Morgan fingerprint density at radius 3 is 2.39 bits per heavy atom. The lowest BCUT2D eigenvalue weighted by atomic mass is 9.81. The highest BCUT2D eigenvalue weighted by Crippen LogP contribution is 2.46. The van der Waals surface area contributed by atoms with Crippen molar-refractivity contribution in [2.24, 2.45) is 5.73 Å². The van der Waals surface area contributed by atoms with Gasteiger partial charge in [0.1, 0.15) is 43.6 Å². The number of aliphatic hydroxyl groups excluding tert-OH is 1. The first kappa shape index (κ1) is 54.2. The molecule has 0 unspecified atom stereocenters. The van der Waals surface area contributed by atoms with Gasteiger partial charge < -0.3 is 73.8 Å². The maximum atomic E-state index is 15.5. The molecule has 2 aromatic carbocycles. The Balaban J connectivity index is 1.06. The number of esters is 4. The monoisotopic (exact) mass is 1050 g/mol. The third-order valence-electron chi connectivity index (χ3n) is 13.4. The number of carbonyl (C=O) groups is 6. The van der Waals surface area contributed by atoms with Crippen LogP contribution >= 0.6 is 0 Å². The number of aryl methyl sites for hydroxylation is 1. The lowest BCUT2D eigenvalue weighted by molar-refractivity contribution is -0.285. The summed E-state index contributed by atoms with van der Waals surface area (Å²) in [5.41, 5.74) is 6.44. The Morgan fingerprint density at radius 1 is 0.947 bits per heavy atom. The Morgan fingerprint density at radius 2 is 1.68 bits per heavy atom. The number of hydrogen-bond donors (Lipinski definition) is 5. The highest BCUT2D eigenvalue weighted by atomic mass is 19.1. The molecule has 8 rings (SSSR count). The van der Waals surface area contributed by atoms with Crippen LogP contribution in [0.2, 0.25) is 0 Å². The van der Waals surface area contributed by atoms with E-state index in [2.05, 4.69) is 10.6 Å². The molecule has 23 nitrogen and oxygen atoms in total. The predicted octanol–water partition coefficient (Wildman–Crippen LogP) is 2.05. The van der Waals surface area contributed by atoms with Crippen LogP contribution in [0.3, 0.4) is 0 Å². The lowest BCUT2D eigenvalue weighted by Gasteiger charge is -2.42. The van der Waals surface area contributed by atoms with Crippen LogP contribution in [-0.4, -0.2) is 132 Å². The fourth-order valence-corrected chi connectivity index (χ4v) is 9.82. The number of halogens is 1. The molecule has 24 heteroatoms. The Kier molecular flexibility index (Phi) is 16.5. The molecule has 402 valence electrons. The largest absolute Gasteiger partial charge is 0.463 e. The van der Waals surface area contributed by atoms with Crippen molar-refractivity contribution in [1.29, 1.82) is 0 Å². The number of amides is 2. The van der Waals surface area contributed by atoms with Crippen LogP contribution in [0.4, 0.5) is 9.18 Å². The van der Waals surface area contributed by atoms with E-state index >= 15 is 4.39 Å². The minimum Gasteiger partial charge on any atom is -0.463 e. The first-order chi connectivity index (χ1) is 35.8. The topological polar surface area (TPSA) is 311 Å². The highest BCUT2D eigenvalue weighted by molar-refractivity contribution is 5.97. The van der Waals surface area contributed by atoms with Gasteiger partial charge in [0.05, 0.1) is 67.0 Å². The van der Waals surface area contributed by atoms with Crippen molar-refractivity contribution in [3.05, 3.63) is 91.0 Å². The molecular weight excluding hydrogens is 990 g/mol. The van der Waals surface area contributed by atoms with E-state index in [0.717, 1.165) is 20.8 Å². The van der Waals surface area contributed by atoms with Crippen molar-refractivity contribution in [3.8, 4) is 17.1 Å². The van der Waals surface area contributed by atoms with Gasteiger partial charge in [-0.2, -0.15) is 0 Å². The molecule has 2 aromatic heterocycles. The number of nitrogens with one attached hydrogen (secondary N) is 2. The number of nitrogens with zero attached hydrogens (tertiary/aromatic N) is 2. The van der Waals surface area contributed by atoms with Gasteiger partial charge in [-0.3, -0.25) is 24.0 Å². The molecule has 1 saturated heterocycles. The summed E-state index contributed by atoms with van der Waals surface area (Å²) < 4.78 is 66.8. The van der Waals surface area contributed by atoms with Crippen LogP contribution in [0.25, 0.3) is 22.3 Å². The summed E-state index contributed by atoms with van der Waals surface area (Å²) in [4.78, 5) is 95.8. The van der Waals surface area contributed by atoms with E-state index in [1.807, 2.05) is 0 Å². The van der Waals surface area contributed by atoms with Gasteiger partial charge in [-0.1, -0.05) is 13.0 Å². The number of nitrogens with two attached hydrogens (primary N) is 1. The number of benzene rings is 2. The molecule has 75 heavy (non-hydrogen) atoms.